The van der Waals surface area contributed by atoms with Crippen molar-refractivity contribution in [3.63, 3.8) is 0 Å². The van der Waals surface area contributed by atoms with Crippen LogP contribution in [0.25, 0.3) is 11.3 Å². The Balaban J connectivity index is 1.68. The molecule has 31 heavy (non-hydrogen) atoms. The first-order chi connectivity index (χ1) is 14.9. The zero-order valence-electron chi connectivity index (χ0n) is 17.8. The molecule has 2 fully saturated rings. The molecule has 4 heterocycles. The van der Waals surface area contributed by atoms with Crippen LogP contribution in [0.1, 0.15) is 24.8 Å². The molecule has 1 atom stereocenters. The van der Waals surface area contributed by atoms with Crippen LogP contribution in [0, 0.1) is 11.6 Å². The number of pyridine rings is 2. The van der Waals surface area contributed by atoms with Gasteiger partial charge in [-0.2, -0.15) is 0 Å². The lowest BCUT2D eigenvalue weighted by molar-refractivity contribution is -0.128. The fraction of sp³-hybridized carbons (Fsp3) is 0.500. The Morgan fingerprint density at radius 1 is 1.26 bits per heavy atom. The Bertz CT molecular complexity index is 965. The van der Waals surface area contributed by atoms with Gasteiger partial charge in [-0.15, -0.1) is 0 Å². The number of halogens is 2. The lowest BCUT2D eigenvalue weighted by Crippen LogP contribution is -2.53. The average molecular weight is 431 g/mol. The molecule has 0 aromatic carbocycles. The number of likely N-dealkylation sites (N-methyl/N-ethyl adjacent to an activating group) is 1. The van der Waals surface area contributed by atoms with Gasteiger partial charge in [-0.05, 0) is 63.6 Å². The van der Waals surface area contributed by atoms with E-state index in [0.717, 1.165) is 31.8 Å². The maximum absolute atomic E-state index is 15.2. The van der Waals surface area contributed by atoms with Gasteiger partial charge in [-0.3, -0.25) is 9.78 Å². The summed E-state index contributed by atoms with van der Waals surface area (Å²) in [5, 5.41) is 6.44. The first-order valence-electron chi connectivity index (χ1n) is 10.5. The fourth-order valence-corrected chi connectivity index (χ4v) is 4.53. The molecule has 9 heteroatoms. The quantitative estimate of drug-likeness (QED) is 0.753. The topological polar surface area (TPSA) is 79.4 Å². The Morgan fingerprint density at radius 2 is 2.03 bits per heavy atom. The zero-order valence-corrected chi connectivity index (χ0v) is 17.8. The summed E-state index contributed by atoms with van der Waals surface area (Å²) in [4.78, 5) is 23.7. The predicted octanol–water partition coefficient (Wildman–Crippen LogP) is 1.87. The highest BCUT2D eigenvalue weighted by atomic mass is 19.1. The second-order valence-corrected chi connectivity index (χ2v) is 8.32. The third kappa shape index (κ3) is 4.24. The zero-order chi connectivity index (χ0) is 22.0. The van der Waals surface area contributed by atoms with Gasteiger partial charge in [0.2, 0.25) is 11.8 Å². The van der Waals surface area contributed by atoms with E-state index < -0.39 is 17.0 Å². The van der Waals surface area contributed by atoms with E-state index in [9.17, 15) is 9.18 Å². The summed E-state index contributed by atoms with van der Waals surface area (Å²) >= 11 is 0. The van der Waals surface area contributed by atoms with Crippen LogP contribution in [0.4, 0.5) is 8.78 Å². The van der Waals surface area contributed by atoms with E-state index in [0.29, 0.717) is 31.5 Å². The number of carbonyl (C=O) groups excluding carboxylic acids is 1. The molecule has 166 valence electrons. The number of hydrogen-bond donors (Lipinski definition) is 2. The maximum atomic E-state index is 15.2. The van der Waals surface area contributed by atoms with Crippen molar-refractivity contribution in [2.45, 2.75) is 30.7 Å². The number of rotatable bonds is 5. The van der Waals surface area contributed by atoms with Gasteiger partial charge in [0.15, 0.2) is 0 Å². The maximum Gasteiger partial charge on any atom is 0.231 e. The van der Waals surface area contributed by atoms with Crippen LogP contribution in [0.5, 0.6) is 5.88 Å². The van der Waals surface area contributed by atoms with Gasteiger partial charge in [-0.25, -0.2) is 13.8 Å². The van der Waals surface area contributed by atoms with E-state index in [-0.39, 0.29) is 29.1 Å². The third-order valence-corrected chi connectivity index (χ3v) is 6.28. The monoisotopic (exact) mass is 431 g/mol. The Kier molecular flexibility index (Phi) is 6.15. The second-order valence-electron chi connectivity index (χ2n) is 8.32. The van der Waals surface area contributed by atoms with E-state index in [1.165, 1.54) is 19.4 Å². The highest BCUT2D eigenvalue weighted by Crippen LogP contribution is 2.37. The molecule has 2 saturated heterocycles. The van der Waals surface area contributed by atoms with E-state index in [1.807, 2.05) is 7.05 Å². The molecule has 1 amide bonds. The number of piperidine rings is 1. The molecule has 4 rings (SSSR count). The Morgan fingerprint density at radius 3 is 2.68 bits per heavy atom. The number of methoxy groups -OCH3 is 1. The van der Waals surface area contributed by atoms with Crippen molar-refractivity contribution in [2.75, 3.05) is 40.3 Å². The molecule has 7 nitrogen and oxygen atoms in total. The molecular formula is C22H27F2N5O2. The summed E-state index contributed by atoms with van der Waals surface area (Å²) in [7, 11) is 3.41. The lowest BCUT2D eigenvalue weighted by atomic mass is 9.72. The number of ether oxygens (including phenoxy) is 1. The summed E-state index contributed by atoms with van der Waals surface area (Å²) in [6.07, 6.45) is 4.52. The number of carbonyl (C=O) groups is 1. The van der Waals surface area contributed by atoms with Crippen molar-refractivity contribution in [1.82, 2.24) is 25.5 Å². The van der Waals surface area contributed by atoms with Gasteiger partial charge in [0.1, 0.15) is 17.3 Å². The van der Waals surface area contributed by atoms with Crippen molar-refractivity contribution in [1.29, 1.82) is 0 Å². The van der Waals surface area contributed by atoms with Gasteiger partial charge in [0.25, 0.3) is 0 Å². The molecule has 2 aromatic rings. The van der Waals surface area contributed by atoms with Crippen molar-refractivity contribution < 1.29 is 18.3 Å². The number of likely N-dealkylation sites (tertiary alicyclic amines) is 1. The van der Waals surface area contributed by atoms with Gasteiger partial charge < -0.3 is 20.3 Å². The minimum Gasteiger partial charge on any atom is -0.481 e. The summed E-state index contributed by atoms with van der Waals surface area (Å²) in [6.45, 7) is 3.05. The molecule has 0 unspecified atom stereocenters. The number of aromatic nitrogens is 2. The molecular weight excluding hydrogens is 404 g/mol. The minimum atomic E-state index is -0.858. The van der Waals surface area contributed by atoms with Crippen LogP contribution in [-0.2, 0) is 10.2 Å². The standard InChI is InChI=1S/C22H27F2N5O2/c1-29-8-3-16(13-29)28-21(30)22(4-6-25-7-5-22)14-9-18(24)19(26-11-14)17-10-15(23)12-27-20(17)31-2/h9-12,16,25H,3-8,13H2,1-2H3,(H,28,30)/t16-/m0/s1. The highest BCUT2D eigenvalue weighted by Gasteiger charge is 2.43. The molecule has 0 bridgehead atoms. The molecule has 0 aliphatic carbocycles. The predicted molar refractivity (Wildman–Crippen MR) is 112 cm³/mol. The molecule has 2 N–H and O–H groups in total. The molecule has 2 aliphatic heterocycles. The Hall–Kier alpha value is -2.65. The minimum absolute atomic E-state index is 0.0606. The molecule has 0 saturated carbocycles. The van der Waals surface area contributed by atoms with E-state index in [1.54, 1.807) is 0 Å². The van der Waals surface area contributed by atoms with Crippen LogP contribution in [0.15, 0.2) is 24.5 Å². The molecule has 2 aromatic heterocycles. The van der Waals surface area contributed by atoms with Gasteiger partial charge in [0.05, 0.1) is 24.3 Å². The first-order valence-corrected chi connectivity index (χ1v) is 10.5. The largest absolute Gasteiger partial charge is 0.481 e. The molecule has 2 aliphatic rings. The van der Waals surface area contributed by atoms with Gasteiger partial charge >= 0.3 is 0 Å². The van der Waals surface area contributed by atoms with Crippen LogP contribution < -0.4 is 15.4 Å². The first kappa shape index (κ1) is 21.6. The summed E-state index contributed by atoms with van der Waals surface area (Å²) < 4.78 is 34.1. The van der Waals surface area contributed by atoms with Crippen LogP contribution in [0.3, 0.4) is 0 Å². The fourth-order valence-electron chi connectivity index (χ4n) is 4.53. The summed E-state index contributed by atoms with van der Waals surface area (Å²) in [5.41, 5.74) is -0.260. The second kappa shape index (κ2) is 8.84. The van der Waals surface area contributed by atoms with E-state index >= 15 is 4.39 Å². The SMILES string of the molecule is COc1ncc(F)cc1-c1ncc(C2(C(=O)N[C@H]3CCN(C)C3)CCNCC2)cc1F. The molecule has 0 radical (unpaired) electrons. The summed E-state index contributed by atoms with van der Waals surface area (Å²) in [5.74, 6) is -1.26. The molecule has 0 spiro atoms. The number of amides is 1. The summed E-state index contributed by atoms with van der Waals surface area (Å²) in [6, 6.07) is 2.57. The van der Waals surface area contributed by atoms with E-state index in [4.69, 9.17) is 4.74 Å². The number of nitrogens with one attached hydrogen (secondary N) is 2. The number of nitrogens with zero attached hydrogens (tertiary/aromatic N) is 3. The smallest absolute Gasteiger partial charge is 0.231 e. The van der Waals surface area contributed by atoms with Crippen LogP contribution in [-0.4, -0.2) is 67.2 Å². The van der Waals surface area contributed by atoms with Gasteiger partial charge in [0, 0.05) is 18.8 Å². The third-order valence-electron chi connectivity index (χ3n) is 6.28. The van der Waals surface area contributed by atoms with Crippen LogP contribution >= 0.6 is 0 Å². The average Bonchev–Trinajstić information content (AvgIpc) is 3.18. The van der Waals surface area contributed by atoms with Crippen molar-refractivity contribution in [3.05, 3.63) is 41.7 Å². The highest BCUT2D eigenvalue weighted by molar-refractivity contribution is 5.89. The van der Waals surface area contributed by atoms with Crippen molar-refractivity contribution in [2.24, 2.45) is 0 Å². The van der Waals surface area contributed by atoms with Gasteiger partial charge in [-0.1, -0.05) is 0 Å². The normalized spacial score (nSPS) is 21.1. The van der Waals surface area contributed by atoms with E-state index in [2.05, 4.69) is 25.5 Å². The lowest BCUT2D eigenvalue weighted by Gasteiger charge is -2.37. The Labute approximate surface area is 180 Å². The number of hydrogen-bond acceptors (Lipinski definition) is 6. The van der Waals surface area contributed by atoms with Crippen molar-refractivity contribution in [3.8, 4) is 17.1 Å². The van der Waals surface area contributed by atoms with Crippen molar-refractivity contribution >= 4 is 5.91 Å². The van der Waals surface area contributed by atoms with Crippen LogP contribution in [0.2, 0.25) is 0 Å².